The minimum Gasteiger partial charge on any atom is -0.334 e. The van der Waals surface area contributed by atoms with Crippen molar-refractivity contribution in [2.45, 2.75) is 32.2 Å². The highest BCUT2D eigenvalue weighted by molar-refractivity contribution is 7.89. The molecule has 146 valence electrons. The summed E-state index contributed by atoms with van der Waals surface area (Å²) in [5.74, 6) is 0.481. The topological polar surface area (TPSA) is 128 Å². The molecule has 28 heavy (non-hydrogen) atoms. The summed E-state index contributed by atoms with van der Waals surface area (Å²) < 4.78 is 33.0. The number of hydrogen-bond donors (Lipinski definition) is 1. The van der Waals surface area contributed by atoms with Crippen LogP contribution in [0.1, 0.15) is 22.5 Å². The molecule has 10 heteroatoms. The summed E-state index contributed by atoms with van der Waals surface area (Å²) in [6.45, 7) is 4.76. The van der Waals surface area contributed by atoms with Crippen LogP contribution in [0.4, 0.5) is 5.69 Å². The number of aryl methyl sites for hydroxylation is 3. The molecule has 1 N–H and O–H groups in total. The molecule has 9 nitrogen and oxygen atoms in total. The van der Waals surface area contributed by atoms with Crippen molar-refractivity contribution in [1.82, 2.24) is 14.9 Å². The van der Waals surface area contributed by atoms with Gasteiger partial charge in [-0.15, -0.1) is 0 Å². The van der Waals surface area contributed by atoms with E-state index in [0.717, 1.165) is 11.1 Å². The first-order valence-electron chi connectivity index (χ1n) is 8.33. The standard InChI is InChI=1S/C18H18N4O5S/c1-11-6-4-5-7-15(11)18-20-16(21-27-18)10-19-28(25,26)17-12(2)8-14(22(23)24)9-13(17)3/h4-9,19H,10H2,1-3H3. The highest BCUT2D eigenvalue weighted by atomic mass is 32.2. The van der Waals surface area contributed by atoms with Crippen molar-refractivity contribution in [2.24, 2.45) is 0 Å². The normalized spacial score (nSPS) is 11.5. The van der Waals surface area contributed by atoms with E-state index in [1.807, 2.05) is 31.2 Å². The summed E-state index contributed by atoms with van der Waals surface area (Å²) in [7, 11) is -3.92. The maximum atomic E-state index is 12.7. The summed E-state index contributed by atoms with van der Waals surface area (Å²) >= 11 is 0. The number of benzene rings is 2. The van der Waals surface area contributed by atoms with Crippen molar-refractivity contribution in [1.29, 1.82) is 0 Å². The number of nitrogens with one attached hydrogen (secondary N) is 1. The zero-order chi connectivity index (χ0) is 20.5. The predicted molar refractivity (Wildman–Crippen MR) is 101 cm³/mol. The smallest absolute Gasteiger partial charge is 0.270 e. The van der Waals surface area contributed by atoms with Gasteiger partial charge in [-0.1, -0.05) is 23.4 Å². The molecule has 3 aromatic rings. The first-order chi connectivity index (χ1) is 13.2. The van der Waals surface area contributed by atoms with Gasteiger partial charge in [-0.2, -0.15) is 4.98 Å². The summed E-state index contributed by atoms with van der Waals surface area (Å²) in [5.41, 5.74) is 2.14. The van der Waals surface area contributed by atoms with Gasteiger partial charge in [-0.25, -0.2) is 13.1 Å². The van der Waals surface area contributed by atoms with E-state index in [-0.39, 0.29) is 34.1 Å². The lowest BCUT2D eigenvalue weighted by molar-refractivity contribution is -0.385. The number of nitro groups is 1. The van der Waals surface area contributed by atoms with E-state index in [4.69, 9.17) is 4.52 Å². The zero-order valence-electron chi connectivity index (χ0n) is 15.5. The van der Waals surface area contributed by atoms with Crippen LogP contribution in [0.3, 0.4) is 0 Å². The van der Waals surface area contributed by atoms with Crippen molar-refractivity contribution in [3.05, 3.63) is 69.0 Å². The Labute approximate surface area is 161 Å². The minimum atomic E-state index is -3.92. The third-order valence-electron chi connectivity index (χ3n) is 4.19. The van der Waals surface area contributed by atoms with Crippen LogP contribution in [0.25, 0.3) is 11.5 Å². The fourth-order valence-corrected chi connectivity index (χ4v) is 4.37. The first kappa shape index (κ1) is 19.6. The average Bonchev–Trinajstić information content (AvgIpc) is 3.08. The molecule has 0 aliphatic carbocycles. The molecule has 1 heterocycles. The van der Waals surface area contributed by atoms with Crippen LogP contribution in [0.15, 0.2) is 45.8 Å². The Morgan fingerprint density at radius 1 is 1.11 bits per heavy atom. The van der Waals surface area contributed by atoms with Crippen LogP contribution >= 0.6 is 0 Å². The molecule has 0 aliphatic rings. The van der Waals surface area contributed by atoms with Crippen molar-refractivity contribution in [3.8, 4) is 11.5 Å². The number of sulfonamides is 1. The number of nitro benzene ring substituents is 1. The summed E-state index contributed by atoms with van der Waals surface area (Å²) in [4.78, 5) is 14.6. The number of aromatic nitrogens is 2. The van der Waals surface area contributed by atoms with E-state index in [1.165, 1.54) is 26.0 Å². The Bertz CT molecular complexity index is 1130. The van der Waals surface area contributed by atoms with E-state index < -0.39 is 14.9 Å². The molecule has 0 unspecified atom stereocenters. The molecule has 0 aliphatic heterocycles. The average molecular weight is 402 g/mol. The molecule has 0 fully saturated rings. The zero-order valence-corrected chi connectivity index (χ0v) is 16.3. The number of nitrogens with zero attached hydrogens (tertiary/aromatic N) is 3. The van der Waals surface area contributed by atoms with Crippen LogP contribution in [-0.4, -0.2) is 23.5 Å². The van der Waals surface area contributed by atoms with Crippen molar-refractivity contribution in [3.63, 3.8) is 0 Å². The maximum Gasteiger partial charge on any atom is 0.270 e. The predicted octanol–water partition coefficient (Wildman–Crippen LogP) is 3.05. The fraction of sp³-hybridized carbons (Fsp3) is 0.222. The Morgan fingerprint density at radius 3 is 2.36 bits per heavy atom. The lowest BCUT2D eigenvalue weighted by Crippen LogP contribution is -2.25. The van der Waals surface area contributed by atoms with E-state index >= 15 is 0 Å². The van der Waals surface area contributed by atoms with Gasteiger partial charge in [0.2, 0.25) is 10.0 Å². The maximum absolute atomic E-state index is 12.7. The fourth-order valence-electron chi connectivity index (χ4n) is 2.94. The lowest BCUT2D eigenvalue weighted by Gasteiger charge is -2.11. The second-order valence-electron chi connectivity index (χ2n) is 6.32. The molecular weight excluding hydrogens is 384 g/mol. The number of rotatable bonds is 6. The van der Waals surface area contributed by atoms with Gasteiger partial charge in [0.05, 0.1) is 16.4 Å². The second-order valence-corrected chi connectivity index (χ2v) is 8.02. The summed E-state index contributed by atoms with van der Waals surface area (Å²) in [5, 5.41) is 14.7. The Balaban J connectivity index is 1.82. The number of hydrogen-bond acceptors (Lipinski definition) is 7. The SMILES string of the molecule is Cc1ccccc1-c1nc(CNS(=O)(=O)c2c(C)cc([N+](=O)[O-])cc2C)no1. The molecule has 0 radical (unpaired) electrons. The van der Waals surface area contributed by atoms with E-state index in [9.17, 15) is 18.5 Å². The van der Waals surface area contributed by atoms with Crippen LogP contribution in [0.5, 0.6) is 0 Å². The van der Waals surface area contributed by atoms with Gasteiger partial charge in [-0.05, 0) is 43.5 Å². The molecule has 0 bridgehead atoms. The van der Waals surface area contributed by atoms with Gasteiger partial charge in [0.25, 0.3) is 11.6 Å². The van der Waals surface area contributed by atoms with Crippen molar-refractivity contribution >= 4 is 15.7 Å². The largest absolute Gasteiger partial charge is 0.334 e. The lowest BCUT2D eigenvalue weighted by atomic mass is 10.1. The highest BCUT2D eigenvalue weighted by Gasteiger charge is 2.23. The molecule has 2 aromatic carbocycles. The molecule has 0 saturated heterocycles. The highest BCUT2D eigenvalue weighted by Crippen LogP contribution is 2.26. The van der Waals surface area contributed by atoms with Gasteiger partial charge in [0.15, 0.2) is 5.82 Å². The molecule has 0 amide bonds. The molecule has 0 atom stereocenters. The molecule has 3 rings (SSSR count). The number of non-ortho nitro benzene ring substituents is 1. The van der Waals surface area contributed by atoms with Crippen molar-refractivity contribution in [2.75, 3.05) is 0 Å². The Kier molecular flexibility index (Phi) is 5.25. The van der Waals surface area contributed by atoms with E-state index in [1.54, 1.807) is 0 Å². The molecule has 0 spiro atoms. The second kappa shape index (κ2) is 7.49. The quantitative estimate of drug-likeness (QED) is 0.495. The van der Waals surface area contributed by atoms with Gasteiger partial charge in [-0.3, -0.25) is 10.1 Å². The van der Waals surface area contributed by atoms with Gasteiger partial charge < -0.3 is 4.52 Å². The first-order valence-corrected chi connectivity index (χ1v) is 9.81. The third kappa shape index (κ3) is 3.92. The molecule has 0 saturated carbocycles. The van der Waals surface area contributed by atoms with Crippen LogP contribution in [0.2, 0.25) is 0 Å². The molecule has 1 aromatic heterocycles. The minimum absolute atomic E-state index is 0.000669. The van der Waals surface area contributed by atoms with Crippen LogP contribution in [0, 0.1) is 30.9 Å². The van der Waals surface area contributed by atoms with Crippen molar-refractivity contribution < 1.29 is 17.9 Å². The third-order valence-corrected chi connectivity index (χ3v) is 5.89. The molecular formula is C18H18N4O5S. The van der Waals surface area contributed by atoms with Gasteiger partial charge in [0.1, 0.15) is 0 Å². The Morgan fingerprint density at radius 2 is 1.75 bits per heavy atom. The van der Waals surface area contributed by atoms with E-state index in [0.29, 0.717) is 5.89 Å². The summed E-state index contributed by atoms with van der Waals surface area (Å²) in [6.07, 6.45) is 0. The van der Waals surface area contributed by atoms with Gasteiger partial charge >= 0.3 is 0 Å². The van der Waals surface area contributed by atoms with Crippen LogP contribution < -0.4 is 4.72 Å². The van der Waals surface area contributed by atoms with Gasteiger partial charge in [0, 0.05) is 17.7 Å². The van der Waals surface area contributed by atoms with E-state index in [2.05, 4.69) is 14.9 Å². The Hall–Kier alpha value is -3.11. The monoisotopic (exact) mass is 402 g/mol. The summed E-state index contributed by atoms with van der Waals surface area (Å²) in [6, 6.07) is 9.93. The van der Waals surface area contributed by atoms with Crippen LogP contribution in [-0.2, 0) is 16.6 Å².